The normalized spacial score (nSPS) is 11.9. The van der Waals surface area contributed by atoms with Crippen molar-refractivity contribution in [2.24, 2.45) is 0 Å². The van der Waals surface area contributed by atoms with Crippen molar-refractivity contribution in [2.45, 2.75) is 90.9 Å². The van der Waals surface area contributed by atoms with Crippen LogP contribution < -0.4 is 0 Å². The molecule has 2 nitrogen and oxygen atoms in total. The molecule has 0 rings (SSSR count). The van der Waals surface area contributed by atoms with Crippen LogP contribution in [0, 0.1) is 0 Å². The quantitative estimate of drug-likeness (QED) is 0.283. The van der Waals surface area contributed by atoms with Crippen LogP contribution in [0.3, 0.4) is 0 Å². The summed E-state index contributed by atoms with van der Waals surface area (Å²) >= 11 is 0. The average Bonchev–Trinajstić information content (AvgIpc) is 2.41. The largest absolute Gasteiger partial charge is 0.217 e. The summed E-state index contributed by atoms with van der Waals surface area (Å²) in [4.78, 5) is 0. The Hall–Kier alpha value is 0.300. The van der Waals surface area contributed by atoms with E-state index in [1.165, 1.54) is 68.6 Å². The first-order chi connectivity index (χ1) is 9.62. The van der Waals surface area contributed by atoms with E-state index < -0.39 is 8.87 Å². The lowest BCUT2D eigenvalue weighted by atomic mass is 10.1. The molecular weight excluding hydrogens is 288 g/mol. The van der Waals surface area contributed by atoms with Gasteiger partial charge in [-0.2, -0.15) is 0 Å². The van der Waals surface area contributed by atoms with Crippen LogP contribution in [0.25, 0.3) is 0 Å². The van der Waals surface area contributed by atoms with Gasteiger partial charge in [0.2, 0.25) is 8.87 Å². The van der Waals surface area contributed by atoms with Crippen LogP contribution in [-0.4, -0.2) is 19.9 Å². The molecular formula is C16H34O2S2. The molecule has 0 saturated heterocycles. The molecule has 0 aliphatic carbocycles. The number of rotatable bonds is 15. The van der Waals surface area contributed by atoms with E-state index in [2.05, 4.69) is 13.8 Å². The molecule has 0 aromatic rings. The summed E-state index contributed by atoms with van der Waals surface area (Å²) in [5.41, 5.74) is 0. The molecule has 122 valence electrons. The fourth-order valence-electron chi connectivity index (χ4n) is 2.19. The number of hydrogen-bond donors (Lipinski definition) is 0. The third-order valence-corrected chi connectivity index (χ3v) is 7.19. The lowest BCUT2D eigenvalue weighted by Crippen LogP contribution is -2.02. The Labute approximate surface area is 130 Å². The van der Waals surface area contributed by atoms with Gasteiger partial charge in [0.25, 0.3) is 0 Å². The van der Waals surface area contributed by atoms with Crippen LogP contribution in [0.4, 0.5) is 0 Å². The van der Waals surface area contributed by atoms with E-state index in [4.69, 9.17) is 0 Å². The molecule has 0 amide bonds. The Bertz CT molecular complexity index is 287. The zero-order valence-corrected chi connectivity index (χ0v) is 15.2. The van der Waals surface area contributed by atoms with Crippen LogP contribution in [0.5, 0.6) is 0 Å². The van der Waals surface area contributed by atoms with Crippen molar-refractivity contribution in [2.75, 3.05) is 11.5 Å². The predicted octanol–water partition coefficient (Wildman–Crippen LogP) is 5.77. The summed E-state index contributed by atoms with van der Waals surface area (Å²) in [6.45, 7) is 4.41. The Morgan fingerprint density at radius 1 is 0.650 bits per heavy atom. The van der Waals surface area contributed by atoms with Gasteiger partial charge in [-0.15, -0.1) is 0 Å². The molecule has 20 heavy (non-hydrogen) atoms. The highest BCUT2D eigenvalue weighted by Gasteiger charge is 2.10. The van der Waals surface area contributed by atoms with E-state index in [-0.39, 0.29) is 0 Å². The second kappa shape index (κ2) is 14.2. The molecule has 0 aliphatic rings. The molecule has 0 unspecified atom stereocenters. The summed E-state index contributed by atoms with van der Waals surface area (Å²) in [7, 11) is -1.67. The predicted molar refractivity (Wildman–Crippen MR) is 93.0 cm³/mol. The first kappa shape index (κ1) is 20.3. The maximum absolute atomic E-state index is 11.8. The van der Waals surface area contributed by atoms with Crippen molar-refractivity contribution in [3.63, 3.8) is 0 Å². The van der Waals surface area contributed by atoms with Gasteiger partial charge in [-0.1, -0.05) is 78.1 Å². The van der Waals surface area contributed by atoms with Gasteiger partial charge in [-0.05, 0) is 23.6 Å². The lowest BCUT2D eigenvalue weighted by molar-refractivity contribution is 0.595. The standard InChI is InChI=1S/C16H34O2S2/c1-3-5-7-9-11-13-15-19-20(17,18)16-14-12-10-8-6-4-2/h3-16H2,1-2H3. The van der Waals surface area contributed by atoms with Crippen molar-refractivity contribution in [3.8, 4) is 0 Å². The zero-order valence-electron chi connectivity index (χ0n) is 13.5. The van der Waals surface area contributed by atoms with Gasteiger partial charge in [-0.3, -0.25) is 0 Å². The van der Waals surface area contributed by atoms with Gasteiger partial charge >= 0.3 is 0 Å². The summed E-state index contributed by atoms with van der Waals surface area (Å²) in [6, 6.07) is 0. The highest BCUT2D eigenvalue weighted by atomic mass is 33.1. The first-order valence-electron chi connectivity index (χ1n) is 8.49. The molecule has 0 heterocycles. The second-order valence-electron chi connectivity index (χ2n) is 5.62. The molecule has 0 bridgehead atoms. The lowest BCUT2D eigenvalue weighted by Gasteiger charge is -2.04. The van der Waals surface area contributed by atoms with Crippen LogP contribution in [0.15, 0.2) is 0 Å². The maximum atomic E-state index is 11.8. The minimum Gasteiger partial charge on any atom is -0.217 e. The fraction of sp³-hybridized carbons (Fsp3) is 1.00. The van der Waals surface area contributed by atoms with Gasteiger partial charge in [0.15, 0.2) is 0 Å². The van der Waals surface area contributed by atoms with E-state index in [1.807, 2.05) is 0 Å². The van der Waals surface area contributed by atoms with Gasteiger partial charge < -0.3 is 0 Å². The van der Waals surface area contributed by atoms with Crippen LogP contribution >= 0.6 is 10.8 Å². The first-order valence-corrected chi connectivity index (χ1v) is 11.6. The Balaban J connectivity index is 3.41. The summed E-state index contributed by atoms with van der Waals surface area (Å²) in [6.07, 6.45) is 14.2. The fourth-order valence-corrected chi connectivity index (χ4v) is 5.26. The molecule has 0 spiro atoms. The average molecular weight is 323 g/mol. The van der Waals surface area contributed by atoms with Gasteiger partial charge in [0.1, 0.15) is 0 Å². The minimum atomic E-state index is -2.86. The summed E-state index contributed by atoms with van der Waals surface area (Å²) < 4.78 is 23.6. The van der Waals surface area contributed by atoms with Gasteiger partial charge in [-0.25, -0.2) is 8.42 Å². The third kappa shape index (κ3) is 14.7. The maximum Gasteiger partial charge on any atom is 0.201 e. The highest BCUT2D eigenvalue weighted by molar-refractivity contribution is 8.72. The van der Waals surface area contributed by atoms with Crippen molar-refractivity contribution < 1.29 is 8.42 Å². The Morgan fingerprint density at radius 3 is 1.65 bits per heavy atom. The molecule has 0 aromatic carbocycles. The van der Waals surface area contributed by atoms with Crippen molar-refractivity contribution in [1.82, 2.24) is 0 Å². The number of unbranched alkanes of at least 4 members (excludes halogenated alkanes) is 10. The van der Waals surface area contributed by atoms with Crippen LogP contribution in [0.1, 0.15) is 90.9 Å². The molecule has 4 heteroatoms. The van der Waals surface area contributed by atoms with Crippen molar-refractivity contribution >= 4 is 19.7 Å². The summed E-state index contributed by atoms with van der Waals surface area (Å²) in [5, 5.41) is 0. The monoisotopic (exact) mass is 322 g/mol. The van der Waals surface area contributed by atoms with E-state index in [0.29, 0.717) is 5.75 Å². The van der Waals surface area contributed by atoms with E-state index in [0.717, 1.165) is 25.0 Å². The Kier molecular flexibility index (Phi) is 14.5. The molecule has 0 fully saturated rings. The second-order valence-corrected chi connectivity index (χ2v) is 10.0. The van der Waals surface area contributed by atoms with Gasteiger partial charge in [0.05, 0.1) is 5.75 Å². The SMILES string of the molecule is CCCCCCCCSS(=O)(=O)CCCCCCCC. The smallest absolute Gasteiger partial charge is 0.201 e. The molecule has 0 saturated carbocycles. The minimum absolute atomic E-state index is 0.375. The van der Waals surface area contributed by atoms with E-state index >= 15 is 0 Å². The molecule has 0 N–H and O–H groups in total. The van der Waals surface area contributed by atoms with Crippen molar-refractivity contribution in [1.29, 1.82) is 0 Å². The van der Waals surface area contributed by atoms with Crippen LogP contribution in [0.2, 0.25) is 0 Å². The molecule has 0 aliphatic heterocycles. The third-order valence-electron chi connectivity index (χ3n) is 3.51. The molecule has 0 atom stereocenters. The number of hydrogen-bond acceptors (Lipinski definition) is 3. The van der Waals surface area contributed by atoms with E-state index in [1.54, 1.807) is 0 Å². The summed E-state index contributed by atoms with van der Waals surface area (Å²) in [5.74, 6) is 1.16. The van der Waals surface area contributed by atoms with E-state index in [9.17, 15) is 8.42 Å². The highest BCUT2D eigenvalue weighted by Crippen LogP contribution is 2.18. The molecule has 0 aromatic heterocycles. The van der Waals surface area contributed by atoms with Gasteiger partial charge in [0, 0.05) is 5.75 Å². The van der Waals surface area contributed by atoms with Crippen molar-refractivity contribution in [3.05, 3.63) is 0 Å². The molecule has 0 radical (unpaired) electrons. The Morgan fingerprint density at radius 2 is 1.10 bits per heavy atom. The zero-order chi connectivity index (χ0) is 15.1. The van der Waals surface area contributed by atoms with Crippen LogP contribution in [-0.2, 0) is 8.87 Å². The topological polar surface area (TPSA) is 34.1 Å².